The van der Waals surface area contributed by atoms with Gasteiger partial charge in [0.05, 0.1) is 17.2 Å². The van der Waals surface area contributed by atoms with Gasteiger partial charge in [0.1, 0.15) is 0 Å². The summed E-state index contributed by atoms with van der Waals surface area (Å²) in [6.45, 7) is 0. The lowest BCUT2D eigenvalue weighted by Gasteiger charge is -1.97. The maximum absolute atomic E-state index is 4.49. The summed E-state index contributed by atoms with van der Waals surface area (Å²) >= 11 is 5.02. The highest BCUT2D eigenvalue weighted by Gasteiger charge is 2.04. The number of benzene rings is 1. The van der Waals surface area contributed by atoms with Crippen LogP contribution in [0.25, 0.3) is 11.0 Å². The molecule has 0 unspecified atom stereocenters. The van der Waals surface area contributed by atoms with Gasteiger partial charge in [0, 0.05) is 15.6 Å². The van der Waals surface area contributed by atoms with Crippen LogP contribution in [0.4, 0.5) is 0 Å². The summed E-state index contributed by atoms with van der Waals surface area (Å²) in [5.41, 5.74) is 1.91. The fourth-order valence-corrected chi connectivity index (χ4v) is 2.56. The lowest BCUT2D eigenvalue weighted by Crippen LogP contribution is -1.75. The predicted octanol–water partition coefficient (Wildman–Crippen LogP) is 3.87. The molecule has 5 heteroatoms. The van der Waals surface area contributed by atoms with Crippen LogP contribution in [-0.4, -0.2) is 15.0 Å². The minimum atomic E-state index is 0.885. The molecule has 0 bridgehead atoms. The molecule has 84 valence electrons. The number of imidazole rings is 1. The Morgan fingerprint density at radius 2 is 1.94 bits per heavy atom. The highest BCUT2D eigenvalue weighted by Crippen LogP contribution is 2.27. The Bertz CT molecular complexity index is 615. The van der Waals surface area contributed by atoms with E-state index in [9.17, 15) is 0 Å². The molecule has 1 aromatic carbocycles. The Balaban J connectivity index is 1.92. The molecule has 0 atom stereocenters. The molecule has 2 heterocycles. The first-order chi connectivity index (χ1) is 8.31. The minimum Gasteiger partial charge on any atom is -0.331 e. The molecule has 3 nitrogen and oxygen atoms in total. The van der Waals surface area contributed by atoms with Crippen molar-refractivity contribution in [2.24, 2.45) is 0 Å². The van der Waals surface area contributed by atoms with Gasteiger partial charge in [-0.15, -0.1) is 0 Å². The average Bonchev–Trinajstić information content (AvgIpc) is 2.74. The van der Waals surface area contributed by atoms with E-state index >= 15 is 0 Å². The van der Waals surface area contributed by atoms with Gasteiger partial charge in [-0.05, 0) is 30.3 Å². The lowest BCUT2D eigenvalue weighted by molar-refractivity contribution is 1.08. The van der Waals surface area contributed by atoms with Crippen LogP contribution >= 0.6 is 27.7 Å². The maximum Gasteiger partial charge on any atom is 0.171 e. The van der Waals surface area contributed by atoms with Gasteiger partial charge in [0.15, 0.2) is 5.16 Å². The molecule has 3 rings (SSSR count). The van der Waals surface area contributed by atoms with Gasteiger partial charge in [-0.1, -0.05) is 27.7 Å². The van der Waals surface area contributed by atoms with E-state index in [1.54, 1.807) is 24.2 Å². The summed E-state index contributed by atoms with van der Waals surface area (Å²) in [6.07, 6.45) is 3.53. The molecule has 0 aliphatic heterocycles. The van der Waals surface area contributed by atoms with Crippen molar-refractivity contribution in [2.75, 3.05) is 0 Å². The zero-order valence-corrected chi connectivity index (χ0v) is 11.1. The first-order valence-electron chi connectivity index (χ1n) is 5.04. The van der Waals surface area contributed by atoms with E-state index in [-0.39, 0.29) is 0 Å². The van der Waals surface area contributed by atoms with Crippen molar-refractivity contribution in [1.29, 1.82) is 0 Å². The molecule has 0 spiro atoms. The number of hydrogen-bond donors (Lipinski definition) is 1. The molecule has 0 saturated carbocycles. The maximum atomic E-state index is 4.49. The van der Waals surface area contributed by atoms with E-state index in [2.05, 4.69) is 43.0 Å². The highest BCUT2D eigenvalue weighted by molar-refractivity contribution is 9.10. The van der Waals surface area contributed by atoms with Gasteiger partial charge in [-0.25, -0.2) is 4.98 Å². The summed E-state index contributed by atoms with van der Waals surface area (Å²) < 4.78 is 1.08. The number of nitrogens with one attached hydrogen (secondary N) is 1. The molecule has 17 heavy (non-hydrogen) atoms. The first kappa shape index (κ1) is 10.8. The van der Waals surface area contributed by atoms with Crippen molar-refractivity contribution in [2.45, 2.75) is 10.1 Å². The quantitative estimate of drug-likeness (QED) is 0.781. The van der Waals surface area contributed by atoms with Gasteiger partial charge in [-0.2, -0.15) is 0 Å². The third-order valence-electron chi connectivity index (χ3n) is 2.29. The third-order valence-corrected chi connectivity index (χ3v) is 3.71. The van der Waals surface area contributed by atoms with Crippen LogP contribution in [0.5, 0.6) is 0 Å². The van der Waals surface area contributed by atoms with E-state index in [0.29, 0.717) is 0 Å². The smallest absolute Gasteiger partial charge is 0.171 e. The Hall–Kier alpha value is -1.33. The highest BCUT2D eigenvalue weighted by atomic mass is 79.9. The number of aromatic amines is 1. The van der Waals surface area contributed by atoms with Crippen molar-refractivity contribution >= 4 is 38.7 Å². The van der Waals surface area contributed by atoms with Gasteiger partial charge < -0.3 is 4.98 Å². The van der Waals surface area contributed by atoms with E-state index in [4.69, 9.17) is 0 Å². The molecule has 0 radical (unpaired) electrons. The lowest BCUT2D eigenvalue weighted by atomic mass is 10.4. The van der Waals surface area contributed by atoms with E-state index < -0.39 is 0 Å². The number of aromatic nitrogens is 3. The first-order valence-corrected chi connectivity index (χ1v) is 6.65. The number of hydrogen-bond acceptors (Lipinski definition) is 3. The zero-order valence-electron chi connectivity index (χ0n) is 8.72. The third kappa shape index (κ3) is 2.35. The molecule has 0 aliphatic rings. The fourth-order valence-electron chi connectivity index (χ4n) is 1.50. The SMILES string of the molecule is Brc1ccc(Sc2nc3ccncc3[nH]2)cc1. The van der Waals surface area contributed by atoms with Crippen LogP contribution in [-0.2, 0) is 0 Å². The summed E-state index contributed by atoms with van der Waals surface area (Å²) in [6, 6.07) is 10.1. The van der Waals surface area contributed by atoms with Crippen molar-refractivity contribution in [3.05, 3.63) is 47.2 Å². The number of H-pyrrole nitrogens is 1. The van der Waals surface area contributed by atoms with Gasteiger partial charge in [-0.3, -0.25) is 4.98 Å². The molecule has 0 aliphatic carbocycles. The molecule has 0 saturated heterocycles. The molecular weight excluding hydrogens is 298 g/mol. The molecule has 1 N–H and O–H groups in total. The largest absolute Gasteiger partial charge is 0.331 e. The molecule has 3 aromatic rings. The van der Waals surface area contributed by atoms with Crippen LogP contribution in [0.2, 0.25) is 0 Å². The van der Waals surface area contributed by atoms with Crippen LogP contribution in [0.1, 0.15) is 0 Å². The Morgan fingerprint density at radius 1 is 1.12 bits per heavy atom. The van der Waals surface area contributed by atoms with E-state index in [1.165, 1.54) is 0 Å². The van der Waals surface area contributed by atoms with E-state index in [1.807, 2.05) is 18.2 Å². The summed E-state index contributed by atoms with van der Waals surface area (Å²) in [4.78, 5) is 12.9. The van der Waals surface area contributed by atoms with Gasteiger partial charge >= 0.3 is 0 Å². The van der Waals surface area contributed by atoms with Crippen molar-refractivity contribution < 1.29 is 0 Å². The molecule has 2 aromatic heterocycles. The Kier molecular flexibility index (Phi) is 2.86. The van der Waals surface area contributed by atoms with Crippen LogP contribution in [0.15, 0.2) is 57.3 Å². The summed E-state index contributed by atoms with van der Waals surface area (Å²) in [5.74, 6) is 0. The second kappa shape index (κ2) is 4.50. The van der Waals surface area contributed by atoms with Crippen molar-refractivity contribution in [3.63, 3.8) is 0 Å². The number of nitrogens with zero attached hydrogens (tertiary/aromatic N) is 2. The van der Waals surface area contributed by atoms with Crippen LogP contribution in [0, 0.1) is 0 Å². The number of pyridine rings is 1. The van der Waals surface area contributed by atoms with Gasteiger partial charge in [0.2, 0.25) is 0 Å². The average molecular weight is 306 g/mol. The van der Waals surface area contributed by atoms with Crippen LogP contribution in [0.3, 0.4) is 0 Å². The second-order valence-electron chi connectivity index (χ2n) is 3.49. The minimum absolute atomic E-state index is 0.885. The zero-order chi connectivity index (χ0) is 11.7. The van der Waals surface area contributed by atoms with E-state index in [0.717, 1.165) is 25.6 Å². The van der Waals surface area contributed by atoms with Crippen molar-refractivity contribution in [3.8, 4) is 0 Å². The molecular formula is C12H8BrN3S. The van der Waals surface area contributed by atoms with Gasteiger partial charge in [0.25, 0.3) is 0 Å². The summed E-state index contributed by atoms with van der Waals surface area (Å²) in [7, 11) is 0. The molecule has 0 amide bonds. The fraction of sp³-hybridized carbons (Fsp3) is 0. The predicted molar refractivity (Wildman–Crippen MR) is 72.2 cm³/mol. The monoisotopic (exact) mass is 305 g/mol. The topological polar surface area (TPSA) is 41.6 Å². The second-order valence-corrected chi connectivity index (χ2v) is 5.47. The van der Waals surface area contributed by atoms with Crippen LogP contribution < -0.4 is 0 Å². The Labute approximate surface area is 111 Å². The standard InChI is InChI=1S/C12H8BrN3S/c13-8-1-3-9(4-2-8)17-12-15-10-5-6-14-7-11(10)16-12/h1-7H,(H,15,16). The number of halogens is 1. The number of rotatable bonds is 2. The normalized spacial score (nSPS) is 10.9. The summed E-state index contributed by atoms with van der Waals surface area (Å²) in [5, 5.41) is 0.885. The van der Waals surface area contributed by atoms with Crippen molar-refractivity contribution in [1.82, 2.24) is 15.0 Å². The molecule has 0 fully saturated rings. The number of fused-ring (bicyclic) bond motifs is 1. The Morgan fingerprint density at radius 3 is 2.71 bits per heavy atom.